The fourth-order valence-electron chi connectivity index (χ4n) is 1.87. The number of rotatable bonds is 6. The molecule has 2 nitrogen and oxygen atoms in total. The maximum absolute atomic E-state index is 8.82. The van der Waals surface area contributed by atoms with Crippen molar-refractivity contribution in [2.45, 2.75) is 46.1 Å². The van der Waals surface area contributed by atoms with Crippen molar-refractivity contribution >= 4 is 5.69 Å². The van der Waals surface area contributed by atoms with Crippen LogP contribution in [-0.2, 0) is 0 Å². The highest BCUT2D eigenvalue weighted by Gasteiger charge is 2.03. The van der Waals surface area contributed by atoms with Gasteiger partial charge in [0, 0.05) is 11.7 Å². The summed E-state index contributed by atoms with van der Waals surface area (Å²) in [5, 5.41) is 12.3. The van der Waals surface area contributed by atoms with Crippen LogP contribution in [-0.4, -0.2) is 6.04 Å². The minimum atomic E-state index is 0.461. The van der Waals surface area contributed by atoms with E-state index in [0.717, 1.165) is 11.6 Å². The van der Waals surface area contributed by atoms with Crippen molar-refractivity contribution in [1.29, 1.82) is 5.26 Å². The van der Waals surface area contributed by atoms with E-state index >= 15 is 0 Å². The van der Waals surface area contributed by atoms with Crippen LogP contribution in [0, 0.1) is 17.2 Å². The van der Waals surface area contributed by atoms with Gasteiger partial charge in [0.25, 0.3) is 0 Å². The van der Waals surface area contributed by atoms with Crippen molar-refractivity contribution in [1.82, 2.24) is 0 Å². The fraction of sp³-hybridized carbons (Fsp3) is 0.533. The Balaban J connectivity index is 2.39. The second-order valence-electron chi connectivity index (χ2n) is 5.06. The van der Waals surface area contributed by atoms with Crippen molar-refractivity contribution in [3.05, 3.63) is 29.8 Å². The molecule has 1 N–H and O–H groups in total. The van der Waals surface area contributed by atoms with Crippen molar-refractivity contribution in [2.75, 3.05) is 5.32 Å². The number of nitriles is 1. The van der Waals surface area contributed by atoms with Crippen LogP contribution >= 0.6 is 0 Å². The van der Waals surface area contributed by atoms with Gasteiger partial charge in [-0.2, -0.15) is 5.26 Å². The lowest BCUT2D eigenvalue weighted by Gasteiger charge is -2.15. The van der Waals surface area contributed by atoms with Crippen molar-refractivity contribution in [3.63, 3.8) is 0 Å². The third kappa shape index (κ3) is 5.40. The van der Waals surface area contributed by atoms with Crippen molar-refractivity contribution in [3.8, 4) is 6.07 Å². The molecular formula is C15H22N2. The lowest BCUT2D eigenvalue weighted by molar-refractivity contribution is 0.520. The Kier molecular flexibility index (Phi) is 5.56. The normalized spacial score (nSPS) is 12.2. The Hall–Kier alpha value is -1.49. The molecule has 0 aliphatic carbocycles. The Morgan fingerprint density at radius 3 is 2.65 bits per heavy atom. The minimum Gasteiger partial charge on any atom is -0.383 e. The third-order valence-corrected chi connectivity index (χ3v) is 2.82. The average Bonchev–Trinajstić information content (AvgIpc) is 2.28. The second-order valence-corrected chi connectivity index (χ2v) is 5.06. The predicted octanol–water partition coefficient (Wildman–Crippen LogP) is 4.18. The van der Waals surface area contributed by atoms with Crippen LogP contribution in [0.25, 0.3) is 0 Å². The van der Waals surface area contributed by atoms with Crippen LogP contribution in [0.3, 0.4) is 0 Å². The zero-order chi connectivity index (χ0) is 12.7. The van der Waals surface area contributed by atoms with E-state index in [1.54, 1.807) is 0 Å². The van der Waals surface area contributed by atoms with E-state index < -0.39 is 0 Å². The number of benzene rings is 1. The molecule has 0 aliphatic rings. The molecule has 0 spiro atoms. The highest BCUT2D eigenvalue weighted by atomic mass is 14.9. The van der Waals surface area contributed by atoms with E-state index in [1.807, 2.05) is 24.3 Å². The molecule has 0 fully saturated rings. The van der Waals surface area contributed by atoms with Crippen molar-refractivity contribution in [2.24, 2.45) is 5.92 Å². The molecule has 0 saturated heterocycles. The van der Waals surface area contributed by atoms with Gasteiger partial charge in [-0.25, -0.2) is 0 Å². The van der Waals surface area contributed by atoms with Gasteiger partial charge in [0.05, 0.1) is 11.6 Å². The molecule has 92 valence electrons. The van der Waals surface area contributed by atoms with Gasteiger partial charge in [0.1, 0.15) is 0 Å². The molecule has 0 aromatic heterocycles. The summed E-state index contributed by atoms with van der Waals surface area (Å²) in [4.78, 5) is 0. The number of nitrogens with zero attached hydrogens (tertiary/aromatic N) is 1. The quantitative estimate of drug-likeness (QED) is 0.795. The van der Waals surface area contributed by atoms with Crippen LogP contribution in [0.1, 0.15) is 45.6 Å². The van der Waals surface area contributed by atoms with Crippen LogP contribution < -0.4 is 5.32 Å². The second kappa shape index (κ2) is 6.96. The summed E-state index contributed by atoms with van der Waals surface area (Å²) >= 11 is 0. The van der Waals surface area contributed by atoms with E-state index in [9.17, 15) is 0 Å². The lowest BCUT2D eigenvalue weighted by Crippen LogP contribution is -2.15. The molecule has 1 rings (SSSR count). The SMILES string of the molecule is CC(C)CCCC(C)Nc1cccc(C#N)c1. The maximum Gasteiger partial charge on any atom is 0.0992 e. The van der Waals surface area contributed by atoms with Gasteiger partial charge in [0.2, 0.25) is 0 Å². The first kappa shape index (κ1) is 13.6. The summed E-state index contributed by atoms with van der Waals surface area (Å²) in [7, 11) is 0. The van der Waals surface area contributed by atoms with Crippen LogP contribution in [0.15, 0.2) is 24.3 Å². The largest absolute Gasteiger partial charge is 0.383 e. The summed E-state index contributed by atoms with van der Waals surface area (Å²) in [5.41, 5.74) is 1.76. The van der Waals surface area contributed by atoms with E-state index in [0.29, 0.717) is 11.6 Å². The van der Waals surface area contributed by atoms with Gasteiger partial charge < -0.3 is 5.32 Å². The van der Waals surface area contributed by atoms with E-state index in [4.69, 9.17) is 5.26 Å². The first-order valence-electron chi connectivity index (χ1n) is 6.38. The zero-order valence-corrected chi connectivity index (χ0v) is 11.0. The van der Waals surface area contributed by atoms with E-state index in [1.165, 1.54) is 19.3 Å². The van der Waals surface area contributed by atoms with Gasteiger partial charge >= 0.3 is 0 Å². The van der Waals surface area contributed by atoms with Crippen molar-refractivity contribution < 1.29 is 0 Å². The van der Waals surface area contributed by atoms with E-state index in [-0.39, 0.29) is 0 Å². The van der Waals surface area contributed by atoms with Crippen LogP contribution in [0.5, 0.6) is 0 Å². The van der Waals surface area contributed by atoms with Gasteiger partial charge in [-0.05, 0) is 37.5 Å². The van der Waals surface area contributed by atoms with Gasteiger partial charge in [-0.15, -0.1) is 0 Å². The third-order valence-electron chi connectivity index (χ3n) is 2.82. The number of nitrogens with one attached hydrogen (secondary N) is 1. The van der Waals surface area contributed by atoms with Crippen LogP contribution in [0.4, 0.5) is 5.69 Å². The molecule has 2 heteroatoms. The van der Waals surface area contributed by atoms with E-state index in [2.05, 4.69) is 32.2 Å². The highest BCUT2D eigenvalue weighted by Crippen LogP contribution is 2.14. The monoisotopic (exact) mass is 230 g/mol. The molecule has 1 aromatic carbocycles. The molecule has 1 aromatic rings. The molecule has 1 unspecified atom stereocenters. The average molecular weight is 230 g/mol. The molecule has 1 atom stereocenters. The van der Waals surface area contributed by atoms with Gasteiger partial charge in [-0.1, -0.05) is 32.8 Å². The standard InChI is InChI=1S/C15H22N2/c1-12(2)6-4-7-13(3)17-15-9-5-8-14(10-15)11-16/h5,8-10,12-13,17H,4,6-7H2,1-3H3. The maximum atomic E-state index is 8.82. The smallest absolute Gasteiger partial charge is 0.0992 e. The molecule has 0 heterocycles. The summed E-state index contributed by atoms with van der Waals surface area (Å²) in [6.45, 7) is 6.71. The Labute approximate surface area is 105 Å². The summed E-state index contributed by atoms with van der Waals surface area (Å²) < 4.78 is 0. The Morgan fingerprint density at radius 1 is 1.24 bits per heavy atom. The topological polar surface area (TPSA) is 35.8 Å². The summed E-state index contributed by atoms with van der Waals surface area (Å²) in [6, 6.07) is 10.3. The van der Waals surface area contributed by atoms with Gasteiger partial charge in [0.15, 0.2) is 0 Å². The minimum absolute atomic E-state index is 0.461. The molecule has 0 saturated carbocycles. The number of hydrogen-bond donors (Lipinski definition) is 1. The summed E-state index contributed by atoms with van der Waals surface area (Å²) in [5.74, 6) is 0.782. The predicted molar refractivity (Wildman–Crippen MR) is 72.9 cm³/mol. The number of hydrogen-bond acceptors (Lipinski definition) is 2. The molecule has 0 radical (unpaired) electrons. The molecule has 0 bridgehead atoms. The molecule has 0 aliphatic heterocycles. The fourth-order valence-corrected chi connectivity index (χ4v) is 1.87. The zero-order valence-electron chi connectivity index (χ0n) is 11.0. The first-order chi connectivity index (χ1) is 8.11. The molecule has 0 amide bonds. The Bertz CT molecular complexity index is 377. The number of anilines is 1. The first-order valence-corrected chi connectivity index (χ1v) is 6.38. The highest BCUT2D eigenvalue weighted by molar-refractivity contribution is 5.49. The van der Waals surface area contributed by atoms with Crippen LogP contribution in [0.2, 0.25) is 0 Å². The van der Waals surface area contributed by atoms with Gasteiger partial charge in [-0.3, -0.25) is 0 Å². The molecule has 17 heavy (non-hydrogen) atoms. The lowest BCUT2D eigenvalue weighted by atomic mass is 10.0. The Morgan fingerprint density at radius 2 is 2.00 bits per heavy atom. The summed E-state index contributed by atoms with van der Waals surface area (Å²) in [6.07, 6.45) is 3.71. The molecular weight excluding hydrogens is 208 g/mol.